The third-order valence-corrected chi connectivity index (χ3v) is 3.68. The van der Waals surface area contributed by atoms with E-state index in [0.29, 0.717) is 12.6 Å². The van der Waals surface area contributed by atoms with E-state index in [2.05, 4.69) is 15.5 Å². The maximum Gasteiger partial charge on any atom is 0.240 e. The molecule has 2 aliphatic rings. The summed E-state index contributed by atoms with van der Waals surface area (Å²) in [6.07, 6.45) is 6.13. The molecule has 0 spiro atoms. The number of carbonyl (C=O) groups is 1. The first-order valence-electron chi connectivity index (χ1n) is 6.62. The molecule has 1 N–H and O–H groups in total. The molecule has 3 rings (SSSR count). The van der Waals surface area contributed by atoms with E-state index >= 15 is 0 Å². The Balaban J connectivity index is 1.64. The van der Waals surface area contributed by atoms with Crippen molar-refractivity contribution in [3.8, 4) is 0 Å². The topological polar surface area (TPSA) is 63.1 Å². The van der Waals surface area contributed by atoms with Crippen LogP contribution in [0.5, 0.6) is 0 Å². The number of hydrogen-bond acceptors (Lipinski definition) is 4. The highest BCUT2D eigenvalue weighted by atomic mass is 16.2. The van der Waals surface area contributed by atoms with Crippen molar-refractivity contribution in [2.24, 2.45) is 7.05 Å². The fourth-order valence-electron chi connectivity index (χ4n) is 2.41. The second kappa shape index (κ2) is 4.68. The molecule has 1 saturated carbocycles. The first-order chi connectivity index (χ1) is 8.74. The van der Waals surface area contributed by atoms with Gasteiger partial charge in [-0.15, -0.1) is 10.2 Å². The molecule has 0 aromatic carbocycles. The van der Waals surface area contributed by atoms with Crippen molar-refractivity contribution in [1.82, 2.24) is 25.0 Å². The van der Waals surface area contributed by atoms with E-state index in [9.17, 15) is 4.79 Å². The van der Waals surface area contributed by atoms with Crippen LogP contribution >= 0.6 is 0 Å². The first-order valence-corrected chi connectivity index (χ1v) is 6.62. The lowest BCUT2D eigenvalue weighted by molar-refractivity contribution is -0.136. The number of nitrogens with one attached hydrogen (secondary N) is 1. The van der Waals surface area contributed by atoms with Gasteiger partial charge in [-0.25, -0.2) is 0 Å². The van der Waals surface area contributed by atoms with Crippen LogP contribution in [0, 0.1) is 0 Å². The minimum absolute atomic E-state index is 0.0134. The molecule has 2 heterocycles. The lowest BCUT2D eigenvalue weighted by Crippen LogP contribution is -2.51. The quantitative estimate of drug-likeness (QED) is 0.819. The molecule has 6 nitrogen and oxygen atoms in total. The van der Waals surface area contributed by atoms with Crippen LogP contribution in [0.3, 0.4) is 0 Å². The predicted molar refractivity (Wildman–Crippen MR) is 65.6 cm³/mol. The fraction of sp³-hybridized carbons (Fsp3) is 0.750. The number of aromatic nitrogens is 3. The second-order valence-corrected chi connectivity index (χ2v) is 5.25. The van der Waals surface area contributed by atoms with E-state index in [-0.39, 0.29) is 11.9 Å². The number of piperidine rings is 1. The van der Waals surface area contributed by atoms with Gasteiger partial charge >= 0.3 is 0 Å². The normalized spacial score (nSPS) is 24.6. The molecule has 98 valence electrons. The summed E-state index contributed by atoms with van der Waals surface area (Å²) in [5.74, 6) is 1.06. The standard InChI is InChI=1S/C12H19N5O/c1-16-8-13-15-11(16)7-17-6-2-3-10(12(17)18)14-9-4-5-9/h8-10,14H,2-7H2,1H3. The summed E-state index contributed by atoms with van der Waals surface area (Å²) in [4.78, 5) is 14.2. The molecule has 1 aliphatic carbocycles. The molecule has 2 fully saturated rings. The lowest BCUT2D eigenvalue weighted by Gasteiger charge is -2.32. The van der Waals surface area contributed by atoms with Gasteiger partial charge < -0.3 is 14.8 Å². The Labute approximate surface area is 106 Å². The average molecular weight is 249 g/mol. The van der Waals surface area contributed by atoms with Gasteiger partial charge in [-0.05, 0) is 25.7 Å². The molecule has 1 saturated heterocycles. The molecule has 18 heavy (non-hydrogen) atoms. The second-order valence-electron chi connectivity index (χ2n) is 5.25. The third kappa shape index (κ3) is 2.38. The number of rotatable bonds is 4. The Morgan fingerprint density at radius 3 is 2.94 bits per heavy atom. The molecule has 1 aliphatic heterocycles. The highest BCUT2D eigenvalue weighted by Gasteiger charge is 2.33. The van der Waals surface area contributed by atoms with E-state index in [4.69, 9.17) is 0 Å². The fourth-order valence-corrected chi connectivity index (χ4v) is 2.41. The van der Waals surface area contributed by atoms with Crippen molar-refractivity contribution in [1.29, 1.82) is 0 Å². The van der Waals surface area contributed by atoms with Crippen LogP contribution < -0.4 is 5.32 Å². The van der Waals surface area contributed by atoms with Crippen LogP contribution in [0.2, 0.25) is 0 Å². The number of amides is 1. The summed E-state index contributed by atoms with van der Waals surface area (Å²) in [5.41, 5.74) is 0. The molecule has 1 unspecified atom stereocenters. The Morgan fingerprint density at radius 2 is 2.28 bits per heavy atom. The van der Waals surface area contributed by atoms with E-state index in [0.717, 1.165) is 25.2 Å². The van der Waals surface area contributed by atoms with Gasteiger partial charge in [-0.3, -0.25) is 4.79 Å². The molecular formula is C12H19N5O. The van der Waals surface area contributed by atoms with Crippen LogP contribution in [-0.4, -0.2) is 44.2 Å². The highest BCUT2D eigenvalue weighted by molar-refractivity contribution is 5.82. The Bertz CT molecular complexity index is 439. The van der Waals surface area contributed by atoms with Crippen molar-refractivity contribution < 1.29 is 4.79 Å². The Morgan fingerprint density at radius 1 is 1.44 bits per heavy atom. The smallest absolute Gasteiger partial charge is 0.240 e. The molecule has 1 amide bonds. The van der Waals surface area contributed by atoms with Gasteiger partial charge in [0.2, 0.25) is 5.91 Å². The van der Waals surface area contributed by atoms with Crippen LogP contribution in [-0.2, 0) is 18.4 Å². The van der Waals surface area contributed by atoms with Crippen LogP contribution in [0.1, 0.15) is 31.5 Å². The van der Waals surface area contributed by atoms with Gasteiger partial charge in [0, 0.05) is 19.6 Å². The summed E-state index contributed by atoms with van der Waals surface area (Å²) in [6.45, 7) is 1.40. The lowest BCUT2D eigenvalue weighted by atomic mass is 10.0. The predicted octanol–water partition coefficient (Wildman–Crippen LogP) is 0.0581. The minimum atomic E-state index is 0.0134. The van der Waals surface area contributed by atoms with Gasteiger partial charge in [0.05, 0.1) is 12.6 Å². The molecular weight excluding hydrogens is 230 g/mol. The van der Waals surface area contributed by atoms with Crippen LogP contribution in [0.15, 0.2) is 6.33 Å². The van der Waals surface area contributed by atoms with E-state index in [1.54, 1.807) is 6.33 Å². The average Bonchev–Trinajstić information content (AvgIpc) is 3.08. The monoisotopic (exact) mass is 249 g/mol. The van der Waals surface area contributed by atoms with Gasteiger partial charge in [0.15, 0.2) is 5.82 Å². The maximum absolute atomic E-state index is 12.3. The van der Waals surface area contributed by atoms with Crippen molar-refractivity contribution in [3.63, 3.8) is 0 Å². The van der Waals surface area contributed by atoms with Crippen molar-refractivity contribution in [3.05, 3.63) is 12.2 Å². The SMILES string of the molecule is Cn1cnnc1CN1CCCC(NC2CC2)C1=O. The zero-order valence-electron chi connectivity index (χ0n) is 10.7. The van der Waals surface area contributed by atoms with Crippen LogP contribution in [0.4, 0.5) is 0 Å². The van der Waals surface area contributed by atoms with Crippen LogP contribution in [0.25, 0.3) is 0 Å². The van der Waals surface area contributed by atoms with Gasteiger partial charge in [0.25, 0.3) is 0 Å². The molecule has 0 radical (unpaired) electrons. The van der Waals surface area contributed by atoms with Crippen molar-refractivity contribution in [2.75, 3.05) is 6.54 Å². The summed E-state index contributed by atoms with van der Waals surface area (Å²) >= 11 is 0. The minimum Gasteiger partial charge on any atom is -0.334 e. The first kappa shape index (κ1) is 11.6. The number of aryl methyl sites for hydroxylation is 1. The van der Waals surface area contributed by atoms with E-state index in [1.807, 2.05) is 16.5 Å². The number of nitrogens with zero attached hydrogens (tertiary/aromatic N) is 4. The Hall–Kier alpha value is -1.43. The molecule has 6 heteroatoms. The van der Waals surface area contributed by atoms with E-state index < -0.39 is 0 Å². The zero-order chi connectivity index (χ0) is 12.5. The number of likely N-dealkylation sites (tertiary alicyclic amines) is 1. The van der Waals surface area contributed by atoms with Crippen molar-refractivity contribution >= 4 is 5.91 Å². The molecule has 1 aromatic rings. The number of carbonyl (C=O) groups excluding carboxylic acids is 1. The summed E-state index contributed by atoms with van der Waals surface area (Å²) in [6, 6.07) is 0.591. The summed E-state index contributed by atoms with van der Waals surface area (Å²) < 4.78 is 1.87. The van der Waals surface area contributed by atoms with Gasteiger partial charge in [-0.1, -0.05) is 0 Å². The zero-order valence-corrected chi connectivity index (χ0v) is 10.7. The summed E-state index contributed by atoms with van der Waals surface area (Å²) in [5, 5.41) is 11.3. The van der Waals surface area contributed by atoms with Gasteiger partial charge in [0.1, 0.15) is 6.33 Å². The maximum atomic E-state index is 12.3. The molecule has 1 aromatic heterocycles. The third-order valence-electron chi connectivity index (χ3n) is 3.68. The molecule has 0 bridgehead atoms. The Kier molecular flexibility index (Phi) is 3.03. The summed E-state index contributed by atoms with van der Waals surface area (Å²) in [7, 11) is 1.91. The van der Waals surface area contributed by atoms with Crippen molar-refractivity contribution in [2.45, 2.75) is 44.3 Å². The molecule has 1 atom stereocenters. The number of hydrogen-bond donors (Lipinski definition) is 1. The van der Waals surface area contributed by atoms with Gasteiger partial charge in [-0.2, -0.15) is 0 Å². The van der Waals surface area contributed by atoms with E-state index in [1.165, 1.54) is 12.8 Å². The highest BCUT2D eigenvalue weighted by Crippen LogP contribution is 2.22. The largest absolute Gasteiger partial charge is 0.334 e.